The molecule has 2 aromatic rings. The minimum atomic E-state index is 0.0237. The molecule has 0 amide bonds. The van der Waals surface area contributed by atoms with Crippen LogP contribution in [-0.2, 0) is 6.54 Å². The molecule has 26 heavy (non-hydrogen) atoms. The lowest BCUT2D eigenvalue weighted by molar-refractivity contribution is 0.102. The van der Waals surface area contributed by atoms with Gasteiger partial charge in [0, 0.05) is 32.7 Å². The summed E-state index contributed by atoms with van der Waals surface area (Å²) in [4.78, 5) is 22.8. The van der Waals surface area contributed by atoms with Crippen LogP contribution in [-0.4, -0.2) is 62.8 Å². The maximum atomic E-state index is 13.1. The van der Waals surface area contributed by atoms with E-state index in [2.05, 4.69) is 54.7 Å². The smallest absolute Gasteiger partial charge is 0.264 e. The lowest BCUT2D eigenvalue weighted by atomic mass is 9.92. The third-order valence-electron chi connectivity index (χ3n) is 5.35. The number of hydrogen-bond donors (Lipinski definition) is 1. The van der Waals surface area contributed by atoms with Crippen LogP contribution >= 0.6 is 0 Å². The number of hydrogen-bond acceptors (Lipinski definition) is 5. The molecule has 144 valence electrons. The normalized spacial score (nSPS) is 18.5. The van der Waals surface area contributed by atoms with Crippen molar-refractivity contribution in [3.8, 4) is 0 Å². The van der Waals surface area contributed by atoms with Crippen molar-refractivity contribution >= 4 is 11.0 Å². The second kappa shape index (κ2) is 7.48. The van der Waals surface area contributed by atoms with Crippen molar-refractivity contribution in [3.05, 3.63) is 22.4 Å². The van der Waals surface area contributed by atoms with E-state index in [4.69, 9.17) is 4.98 Å². The highest BCUT2D eigenvalue weighted by molar-refractivity contribution is 5.72. The van der Waals surface area contributed by atoms with Gasteiger partial charge in [0.25, 0.3) is 5.56 Å². The molecular weight excluding hydrogens is 328 g/mol. The summed E-state index contributed by atoms with van der Waals surface area (Å²) in [6.07, 6.45) is 3.47. The Balaban J connectivity index is 2.02. The average Bonchev–Trinajstić information content (AvgIpc) is 3.04. The molecule has 0 radical (unpaired) electrons. The molecule has 2 aromatic heterocycles. The van der Waals surface area contributed by atoms with E-state index in [1.807, 2.05) is 4.57 Å². The molecule has 0 saturated carbocycles. The van der Waals surface area contributed by atoms with E-state index in [-0.39, 0.29) is 17.0 Å². The van der Waals surface area contributed by atoms with Gasteiger partial charge < -0.3 is 4.90 Å². The van der Waals surface area contributed by atoms with Crippen LogP contribution in [0, 0.1) is 5.41 Å². The van der Waals surface area contributed by atoms with Gasteiger partial charge in [-0.15, -0.1) is 0 Å². The van der Waals surface area contributed by atoms with E-state index >= 15 is 0 Å². The van der Waals surface area contributed by atoms with Gasteiger partial charge >= 0.3 is 0 Å². The Kier molecular flexibility index (Phi) is 5.48. The number of H-pyrrole nitrogens is 1. The van der Waals surface area contributed by atoms with Crippen LogP contribution in [0.3, 0.4) is 0 Å². The number of likely N-dealkylation sites (N-methyl/N-ethyl adjacent to an activating group) is 1. The molecule has 3 heterocycles. The first-order chi connectivity index (χ1) is 12.3. The van der Waals surface area contributed by atoms with Crippen LogP contribution in [0.4, 0.5) is 0 Å². The molecule has 7 heteroatoms. The minimum Gasteiger partial charge on any atom is -0.304 e. The summed E-state index contributed by atoms with van der Waals surface area (Å²) in [5, 5.41) is 7.51. The van der Waals surface area contributed by atoms with E-state index in [1.54, 1.807) is 6.20 Å². The summed E-state index contributed by atoms with van der Waals surface area (Å²) in [6.45, 7) is 13.6. The highest BCUT2D eigenvalue weighted by Gasteiger charge is 2.27. The number of fused-ring (bicyclic) bond motifs is 1. The summed E-state index contributed by atoms with van der Waals surface area (Å²) < 4.78 is 1.90. The fraction of sp³-hybridized carbons (Fsp3) is 0.737. The molecule has 1 aliphatic rings. The van der Waals surface area contributed by atoms with Crippen LogP contribution < -0.4 is 5.56 Å². The van der Waals surface area contributed by atoms with Crippen molar-refractivity contribution in [1.29, 1.82) is 0 Å². The van der Waals surface area contributed by atoms with Gasteiger partial charge in [0.1, 0.15) is 11.2 Å². The van der Waals surface area contributed by atoms with Crippen molar-refractivity contribution in [2.75, 3.05) is 33.2 Å². The SMILES string of the molecule is CCC(c1nc2[nH]ncc2c(=O)n1CCC(C)(C)C)N1CCN(C)CC1. The van der Waals surface area contributed by atoms with Crippen molar-refractivity contribution in [3.63, 3.8) is 0 Å². The molecule has 1 unspecified atom stereocenters. The number of aromatic amines is 1. The maximum absolute atomic E-state index is 13.1. The maximum Gasteiger partial charge on any atom is 0.264 e. The number of piperazine rings is 1. The fourth-order valence-electron chi connectivity index (χ4n) is 3.60. The first kappa shape index (κ1) is 19.0. The van der Waals surface area contributed by atoms with Crippen molar-refractivity contribution < 1.29 is 0 Å². The Morgan fingerprint density at radius 1 is 1.23 bits per heavy atom. The van der Waals surface area contributed by atoms with Crippen LogP contribution in [0.15, 0.2) is 11.0 Å². The third-order valence-corrected chi connectivity index (χ3v) is 5.35. The van der Waals surface area contributed by atoms with Crippen LogP contribution in [0.1, 0.15) is 52.4 Å². The summed E-state index contributed by atoms with van der Waals surface area (Å²) in [5.41, 5.74) is 0.789. The van der Waals surface area contributed by atoms with Gasteiger partial charge in [-0.05, 0) is 25.3 Å². The Labute approximate surface area is 155 Å². The Morgan fingerprint density at radius 2 is 1.92 bits per heavy atom. The Morgan fingerprint density at radius 3 is 2.54 bits per heavy atom. The molecule has 0 bridgehead atoms. The van der Waals surface area contributed by atoms with E-state index in [0.717, 1.165) is 44.8 Å². The molecule has 0 spiro atoms. The zero-order valence-electron chi connectivity index (χ0n) is 16.7. The zero-order valence-corrected chi connectivity index (χ0v) is 16.7. The largest absolute Gasteiger partial charge is 0.304 e. The van der Waals surface area contributed by atoms with Gasteiger partial charge in [-0.1, -0.05) is 27.7 Å². The van der Waals surface area contributed by atoms with Crippen molar-refractivity contribution in [1.82, 2.24) is 29.5 Å². The highest BCUT2D eigenvalue weighted by atomic mass is 16.1. The Hall–Kier alpha value is -1.73. The minimum absolute atomic E-state index is 0.0237. The zero-order chi connectivity index (χ0) is 18.9. The third kappa shape index (κ3) is 3.99. The van der Waals surface area contributed by atoms with Crippen LogP contribution in [0.5, 0.6) is 0 Å². The predicted octanol–water partition coefficient (Wildman–Crippen LogP) is 2.25. The van der Waals surface area contributed by atoms with Gasteiger partial charge in [0.15, 0.2) is 5.65 Å². The van der Waals surface area contributed by atoms with Gasteiger partial charge in [0.05, 0.1) is 12.2 Å². The van der Waals surface area contributed by atoms with Gasteiger partial charge in [0.2, 0.25) is 0 Å². The van der Waals surface area contributed by atoms with Crippen molar-refractivity contribution in [2.45, 2.75) is 53.1 Å². The van der Waals surface area contributed by atoms with E-state index in [1.165, 1.54) is 0 Å². The van der Waals surface area contributed by atoms with E-state index < -0.39 is 0 Å². The second-order valence-corrected chi connectivity index (χ2v) is 8.63. The summed E-state index contributed by atoms with van der Waals surface area (Å²) in [6, 6.07) is 0.157. The summed E-state index contributed by atoms with van der Waals surface area (Å²) in [7, 11) is 2.16. The molecular formula is C19H32N6O. The summed E-state index contributed by atoms with van der Waals surface area (Å²) >= 11 is 0. The molecule has 1 fully saturated rings. The Bertz CT molecular complexity index is 794. The number of nitrogens with zero attached hydrogens (tertiary/aromatic N) is 5. The molecule has 1 saturated heterocycles. The quantitative estimate of drug-likeness (QED) is 0.886. The van der Waals surface area contributed by atoms with E-state index in [0.29, 0.717) is 17.6 Å². The monoisotopic (exact) mass is 360 g/mol. The first-order valence-electron chi connectivity index (χ1n) is 9.66. The number of nitrogens with one attached hydrogen (secondary N) is 1. The number of aromatic nitrogens is 4. The number of rotatable bonds is 5. The van der Waals surface area contributed by atoms with Crippen LogP contribution in [0.2, 0.25) is 0 Å². The second-order valence-electron chi connectivity index (χ2n) is 8.63. The molecule has 1 atom stereocenters. The molecule has 1 N–H and O–H groups in total. The first-order valence-corrected chi connectivity index (χ1v) is 9.66. The molecule has 1 aliphatic heterocycles. The highest BCUT2D eigenvalue weighted by Crippen LogP contribution is 2.26. The molecule has 0 aliphatic carbocycles. The lowest BCUT2D eigenvalue weighted by Gasteiger charge is -2.38. The predicted molar refractivity (Wildman–Crippen MR) is 104 cm³/mol. The lowest BCUT2D eigenvalue weighted by Crippen LogP contribution is -2.47. The topological polar surface area (TPSA) is 70.0 Å². The van der Waals surface area contributed by atoms with Crippen LogP contribution in [0.25, 0.3) is 11.0 Å². The standard InChI is InChI=1S/C19H32N6O/c1-6-15(24-11-9-23(5)10-12-24)17-21-16-14(13-20-22-16)18(26)25(17)8-7-19(2,3)4/h13,15H,6-12H2,1-5H3,(H,20,22). The van der Waals surface area contributed by atoms with Gasteiger partial charge in [-0.2, -0.15) is 5.10 Å². The summed E-state index contributed by atoms with van der Waals surface area (Å²) in [5.74, 6) is 0.878. The van der Waals surface area contributed by atoms with Crippen molar-refractivity contribution in [2.24, 2.45) is 5.41 Å². The molecule has 0 aromatic carbocycles. The van der Waals surface area contributed by atoms with Gasteiger partial charge in [-0.3, -0.25) is 19.4 Å². The molecule has 7 nitrogen and oxygen atoms in total. The average molecular weight is 361 g/mol. The van der Waals surface area contributed by atoms with Gasteiger partial charge in [-0.25, -0.2) is 4.98 Å². The fourth-order valence-corrected chi connectivity index (χ4v) is 3.60. The van der Waals surface area contributed by atoms with E-state index in [9.17, 15) is 4.79 Å². The molecule has 3 rings (SSSR count).